The van der Waals surface area contributed by atoms with E-state index in [1.165, 1.54) is 0 Å². The maximum absolute atomic E-state index is 12.2. The van der Waals surface area contributed by atoms with Crippen molar-refractivity contribution in [2.24, 2.45) is 0 Å². The maximum atomic E-state index is 12.2. The van der Waals surface area contributed by atoms with Gasteiger partial charge in [-0.05, 0) is 29.7 Å². The van der Waals surface area contributed by atoms with Crippen molar-refractivity contribution < 1.29 is 19.1 Å². The molecule has 0 spiro atoms. The second kappa shape index (κ2) is 9.16. The van der Waals surface area contributed by atoms with E-state index in [-0.39, 0.29) is 18.6 Å². The Hall–Kier alpha value is -2.90. The Morgan fingerprint density at radius 3 is 2.52 bits per heavy atom. The summed E-state index contributed by atoms with van der Waals surface area (Å²) in [5, 5.41) is 2.72. The van der Waals surface area contributed by atoms with E-state index >= 15 is 0 Å². The van der Waals surface area contributed by atoms with Crippen LogP contribution in [0, 0.1) is 0 Å². The third-order valence-corrected chi connectivity index (χ3v) is 4.38. The number of esters is 1. The molecule has 0 bridgehead atoms. The van der Waals surface area contributed by atoms with Gasteiger partial charge in [0.25, 0.3) is 5.91 Å². The molecule has 2 aromatic rings. The minimum Gasteiger partial charge on any atom is -0.497 e. The SMILES string of the molecule is COc1ccc(CNC(=O)COC(=O)C2CC(c3ccccc3)NN2)cc1. The first kappa shape index (κ1) is 18.9. The van der Waals surface area contributed by atoms with Crippen LogP contribution in [0.4, 0.5) is 0 Å². The van der Waals surface area contributed by atoms with Crippen LogP contribution in [-0.2, 0) is 20.9 Å². The quantitative estimate of drug-likeness (QED) is 0.641. The number of amides is 1. The number of ether oxygens (including phenoxy) is 2. The van der Waals surface area contributed by atoms with Crippen LogP contribution in [0.5, 0.6) is 5.75 Å². The number of hydrogen-bond donors (Lipinski definition) is 3. The second-order valence-electron chi connectivity index (χ2n) is 6.27. The number of carbonyl (C=O) groups excluding carboxylic acids is 2. The molecular formula is C20H23N3O4. The van der Waals surface area contributed by atoms with Crippen LogP contribution >= 0.6 is 0 Å². The molecular weight excluding hydrogens is 346 g/mol. The number of hydrazine groups is 1. The van der Waals surface area contributed by atoms with Crippen molar-refractivity contribution >= 4 is 11.9 Å². The lowest BCUT2D eigenvalue weighted by atomic mass is 10.0. The molecule has 1 amide bonds. The Bertz CT molecular complexity index is 765. The van der Waals surface area contributed by atoms with E-state index in [9.17, 15) is 9.59 Å². The number of benzene rings is 2. The number of hydrogen-bond acceptors (Lipinski definition) is 6. The normalized spacial score (nSPS) is 18.7. The summed E-state index contributed by atoms with van der Waals surface area (Å²) in [4.78, 5) is 24.0. The van der Waals surface area contributed by atoms with E-state index in [0.717, 1.165) is 16.9 Å². The largest absolute Gasteiger partial charge is 0.497 e. The van der Waals surface area contributed by atoms with Gasteiger partial charge in [-0.2, -0.15) is 0 Å². The topological polar surface area (TPSA) is 88.7 Å². The highest BCUT2D eigenvalue weighted by molar-refractivity contribution is 5.82. The average Bonchev–Trinajstić information content (AvgIpc) is 3.22. The van der Waals surface area contributed by atoms with E-state index in [0.29, 0.717) is 13.0 Å². The molecule has 2 atom stereocenters. The molecule has 27 heavy (non-hydrogen) atoms. The summed E-state index contributed by atoms with van der Waals surface area (Å²) in [5.74, 6) is -0.0317. The molecule has 1 fully saturated rings. The first-order valence-electron chi connectivity index (χ1n) is 8.78. The molecule has 2 aromatic carbocycles. The summed E-state index contributed by atoms with van der Waals surface area (Å²) in [6.07, 6.45) is 0.566. The van der Waals surface area contributed by atoms with Crippen LogP contribution in [0.3, 0.4) is 0 Å². The van der Waals surface area contributed by atoms with Crippen molar-refractivity contribution in [1.82, 2.24) is 16.2 Å². The zero-order valence-electron chi connectivity index (χ0n) is 15.1. The summed E-state index contributed by atoms with van der Waals surface area (Å²) in [5.41, 5.74) is 8.04. The highest BCUT2D eigenvalue weighted by Crippen LogP contribution is 2.22. The molecule has 0 aliphatic carbocycles. The predicted molar refractivity (Wildman–Crippen MR) is 99.7 cm³/mol. The molecule has 7 heteroatoms. The first-order chi connectivity index (χ1) is 13.2. The second-order valence-corrected chi connectivity index (χ2v) is 6.27. The van der Waals surface area contributed by atoms with Crippen LogP contribution in [0.1, 0.15) is 23.6 Å². The summed E-state index contributed by atoms with van der Waals surface area (Å²) >= 11 is 0. The molecule has 2 unspecified atom stereocenters. The van der Waals surface area contributed by atoms with Crippen LogP contribution in [0.15, 0.2) is 54.6 Å². The highest BCUT2D eigenvalue weighted by Gasteiger charge is 2.31. The van der Waals surface area contributed by atoms with Crippen LogP contribution in [0.25, 0.3) is 0 Å². The standard InChI is InChI=1S/C20H23N3O4/c1-26-16-9-7-14(8-10-16)12-21-19(24)13-27-20(25)18-11-17(22-23-18)15-5-3-2-4-6-15/h2-10,17-18,22-23H,11-13H2,1H3,(H,21,24). The first-order valence-corrected chi connectivity index (χ1v) is 8.78. The molecule has 1 aliphatic heterocycles. The van der Waals surface area contributed by atoms with Crippen molar-refractivity contribution in [3.63, 3.8) is 0 Å². The number of rotatable bonds is 7. The van der Waals surface area contributed by atoms with Crippen molar-refractivity contribution in [3.8, 4) is 5.75 Å². The molecule has 1 heterocycles. The molecule has 0 saturated carbocycles. The van der Waals surface area contributed by atoms with Gasteiger partial charge in [-0.25, -0.2) is 10.9 Å². The van der Waals surface area contributed by atoms with Gasteiger partial charge in [0.1, 0.15) is 11.8 Å². The Morgan fingerprint density at radius 2 is 1.81 bits per heavy atom. The molecule has 0 radical (unpaired) electrons. The minimum absolute atomic E-state index is 0.0349. The zero-order valence-corrected chi connectivity index (χ0v) is 15.1. The fraction of sp³-hybridized carbons (Fsp3) is 0.300. The minimum atomic E-state index is -0.482. The van der Waals surface area contributed by atoms with E-state index < -0.39 is 12.0 Å². The number of methoxy groups -OCH3 is 1. The molecule has 3 N–H and O–H groups in total. The van der Waals surface area contributed by atoms with Crippen molar-refractivity contribution in [1.29, 1.82) is 0 Å². The fourth-order valence-electron chi connectivity index (χ4n) is 2.85. The number of carbonyl (C=O) groups is 2. The summed E-state index contributed by atoms with van der Waals surface area (Å²) < 4.78 is 10.2. The molecule has 1 saturated heterocycles. The molecule has 142 valence electrons. The summed E-state index contributed by atoms with van der Waals surface area (Å²) in [6.45, 7) is 0.0584. The monoisotopic (exact) mass is 369 g/mol. The zero-order chi connectivity index (χ0) is 19.1. The van der Waals surface area contributed by atoms with Gasteiger partial charge in [0.15, 0.2) is 6.61 Å². The third-order valence-electron chi connectivity index (χ3n) is 4.38. The van der Waals surface area contributed by atoms with Crippen molar-refractivity contribution in [3.05, 3.63) is 65.7 Å². The summed E-state index contributed by atoms with van der Waals surface area (Å²) in [6, 6.07) is 16.8. The lowest BCUT2D eigenvalue weighted by Gasteiger charge is -2.10. The van der Waals surface area contributed by atoms with Gasteiger partial charge in [0.2, 0.25) is 0 Å². The van der Waals surface area contributed by atoms with Gasteiger partial charge in [0, 0.05) is 12.6 Å². The van der Waals surface area contributed by atoms with Crippen LogP contribution in [0.2, 0.25) is 0 Å². The Kier molecular flexibility index (Phi) is 6.40. The van der Waals surface area contributed by atoms with Gasteiger partial charge < -0.3 is 14.8 Å². The van der Waals surface area contributed by atoms with Gasteiger partial charge in [0.05, 0.1) is 7.11 Å². The lowest BCUT2D eigenvalue weighted by molar-refractivity contribution is -0.150. The highest BCUT2D eigenvalue weighted by atomic mass is 16.5. The van der Waals surface area contributed by atoms with E-state index in [1.54, 1.807) is 7.11 Å². The van der Waals surface area contributed by atoms with Crippen molar-refractivity contribution in [2.75, 3.05) is 13.7 Å². The van der Waals surface area contributed by atoms with E-state index in [1.807, 2.05) is 54.6 Å². The van der Waals surface area contributed by atoms with Crippen molar-refractivity contribution in [2.45, 2.75) is 25.0 Å². The van der Waals surface area contributed by atoms with Gasteiger partial charge in [-0.15, -0.1) is 0 Å². The summed E-state index contributed by atoms with van der Waals surface area (Å²) in [7, 11) is 1.60. The Labute approximate surface area is 158 Å². The maximum Gasteiger partial charge on any atom is 0.325 e. The molecule has 1 aliphatic rings. The Morgan fingerprint density at radius 1 is 1.07 bits per heavy atom. The van der Waals surface area contributed by atoms with Gasteiger partial charge >= 0.3 is 5.97 Å². The third kappa shape index (κ3) is 5.29. The number of nitrogens with one attached hydrogen (secondary N) is 3. The molecule has 3 rings (SSSR count). The van der Waals surface area contributed by atoms with Crippen LogP contribution in [-0.4, -0.2) is 31.6 Å². The van der Waals surface area contributed by atoms with Crippen LogP contribution < -0.4 is 20.9 Å². The molecule has 0 aromatic heterocycles. The fourth-order valence-corrected chi connectivity index (χ4v) is 2.85. The predicted octanol–water partition coefficient (Wildman–Crippen LogP) is 1.46. The molecule has 7 nitrogen and oxygen atoms in total. The average molecular weight is 369 g/mol. The van der Waals surface area contributed by atoms with Gasteiger partial charge in [-0.1, -0.05) is 42.5 Å². The lowest BCUT2D eigenvalue weighted by Crippen LogP contribution is -2.39. The Balaban J connectivity index is 1.39. The van der Waals surface area contributed by atoms with E-state index in [4.69, 9.17) is 9.47 Å². The smallest absolute Gasteiger partial charge is 0.325 e. The van der Waals surface area contributed by atoms with Gasteiger partial charge in [-0.3, -0.25) is 9.59 Å². The van der Waals surface area contributed by atoms with E-state index in [2.05, 4.69) is 16.2 Å².